The number of aromatic hydroxyl groups is 1. The molecule has 156 valence electrons. The van der Waals surface area contributed by atoms with Crippen LogP contribution in [-0.2, 0) is 11.2 Å². The lowest BCUT2D eigenvalue weighted by atomic mass is 9.96. The van der Waals surface area contributed by atoms with Gasteiger partial charge in [0, 0.05) is 17.7 Å². The monoisotopic (exact) mass is 404 g/mol. The van der Waals surface area contributed by atoms with Gasteiger partial charge in [-0.1, -0.05) is 30.3 Å². The number of aliphatic hydroxyl groups excluding tert-OH is 4. The van der Waals surface area contributed by atoms with Crippen molar-refractivity contribution < 1.29 is 39.7 Å². The third-order valence-corrected chi connectivity index (χ3v) is 5.36. The molecular weight excluding hydrogens is 380 g/mol. The normalized spacial score (nSPS) is 31.6. The van der Waals surface area contributed by atoms with Crippen molar-refractivity contribution in [2.45, 2.75) is 49.7 Å². The summed E-state index contributed by atoms with van der Waals surface area (Å²) in [5, 5.41) is 49.6. The zero-order valence-corrected chi connectivity index (χ0v) is 15.6. The third-order valence-electron chi connectivity index (χ3n) is 5.36. The molecule has 6 atom stereocenters. The number of benzene rings is 2. The first-order valence-electron chi connectivity index (χ1n) is 9.52. The van der Waals surface area contributed by atoms with Crippen LogP contribution >= 0.6 is 0 Å². The highest BCUT2D eigenvalue weighted by atomic mass is 16.7. The van der Waals surface area contributed by atoms with Gasteiger partial charge >= 0.3 is 0 Å². The molecule has 0 bridgehead atoms. The molecule has 5 N–H and O–H groups in total. The molecule has 2 aliphatic heterocycles. The molecule has 2 aliphatic rings. The maximum absolute atomic E-state index is 10.4. The lowest BCUT2D eigenvalue weighted by Crippen LogP contribution is -2.60. The molecule has 2 aromatic carbocycles. The molecule has 6 unspecified atom stereocenters. The number of phenols is 1. The molecule has 8 nitrogen and oxygen atoms in total. The van der Waals surface area contributed by atoms with Crippen LogP contribution < -0.4 is 9.47 Å². The van der Waals surface area contributed by atoms with Gasteiger partial charge in [-0.25, -0.2) is 0 Å². The molecule has 1 saturated heterocycles. The zero-order valence-electron chi connectivity index (χ0n) is 15.6. The second-order valence-corrected chi connectivity index (χ2v) is 7.29. The maximum atomic E-state index is 10.4. The van der Waals surface area contributed by atoms with Crippen LogP contribution in [0.2, 0.25) is 0 Å². The van der Waals surface area contributed by atoms with E-state index < -0.39 is 37.3 Å². The van der Waals surface area contributed by atoms with Gasteiger partial charge < -0.3 is 39.7 Å². The van der Waals surface area contributed by atoms with Crippen molar-refractivity contribution in [3.63, 3.8) is 0 Å². The fourth-order valence-electron chi connectivity index (χ4n) is 3.72. The Morgan fingerprint density at radius 3 is 2.48 bits per heavy atom. The fraction of sp³-hybridized carbons (Fsp3) is 0.429. The summed E-state index contributed by atoms with van der Waals surface area (Å²) in [6.45, 7) is -0.553. The average Bonchev–Trinajstić information content (AvgIpc) is 2.74. The second kappa shape index (κ2) is 8.17. The van der Waals surface area contributed by atoms with E-state index in [2.05, 4.69) is 0 Å². The molecule has 0 saturated carbocycles. The predicted molar refractivity (Wildman–Crippen MR) is 101 cm³/mol. The van der Waals surface area contributed by atoms with Crippen molar-refractivity contribution in [3.05, 3.63) is 53.6 Å². The van der Waals surface area contributed by atoms with Crippen molar-refractivity contribution >= 4 is 0 Å². The summed E-state index contributed by atoms with van der Waals surface area (Å²) in [6, 6.07) is 12.7. The Kier molecular flexibility index (Phi) is 5.62. The number of ether oxygens (including phenoxy) is 3. The number of hydrogen-bond donors (Lipinski definition) is 5. The van der Waals surface area contributed by atoms with Crippen LogP contribution in [0.1, 0.15) is 23.7 Å². The van der Waals surface area contributed by atoms with Crippen LogP contribution in [-0.4, -0.2) is 62.8 Å². The first-order chi connectivity index (χ1) is 14.0. The zero-order chi connectivity index (χ0) is 20.5. The Labute approximate surface area is 167 Å². The molecule has 1 fully saturated rings. The van der Waals surface area contributed by atoms with E-state index in [1.807, 2.05) is 30.3 Å². The van der Waals surface area contributed by atoms with Crippen LogP contribution in [0.4, 0.5) is 0 Å². The molecule has 4 rings (SSSR count). The standard InChI is InChI=1S/C21H24O8/c22-10-17-18(24)19(25)20(26)21(29-17)27-12-8-14(23)13-6-7-15(28-16(13)9-12)11-4-2-1-3-5-11/h1-5,8-9,15,17-26H,6-7,10H2. The van der Waals surface area contributed by atoms with Crippen LogP contribution in [0.5, 0.6) is 17.2 Å². The van der Waals surface area contributed by atoms with Gasteiger partial charge in [-0.15, -0.1) is 0 Å². The molecule has 2 aromatic rings. The van der Waals surface area contributed by atoms with Crippen molar-refractivity contribution in [1.29, 1.82) is 0 Å². The van der Waals surface area contributed by atoms with E-state index in [0.29, 0.717) is 17.7 Å². The molecule has 0 aromatic heterocycles. The summed E-state index contributed by atoms with van der Waals surface area (Å²) in [7, 11) is 0. The van der Waals surface area contributed by atoms with E-state index >= 15 is 0 Å². The van der Waals surface area contributed by atoms with Gasteiger partial charge in [0.15, 0.2) is 0 Å². The van der Waals surface area contributed by atoms with Crippen molar-refractivity contribution in [3.8, 4) is 17.2 Å². The topological polar surface area (TPSA) is 129 Å². The molecular formula is C21H24O8. The van der Waals surface area contributed by atoms with E-state index in [9.17, 15) is 25.5 Å². The fourth-order valence-corrected chi connectivity index (χ4v) is 3.72. The molecule has 0 spiro atoms. The van der Waals surface area contributed by atoms with Gasteiger partial charge in [0.2, 0.25) is 6.29 Å². The van der Waals surface area contributed by atoms with Gasteiger partial charge in [0.05, 0.1) is 6.61 Å². The largest absolute Gasteiger partial charge is 0.507 e. The van der Waals surface area contributed by atoms with E-state index in [4.69, 9.17) is 14.2 Å². The Balaban J connectivity index is 1.55. The second-order valence-electron chi connectivity index (χ2n) is 7.29. The SMILES string of the molecule is OCC1OC(Oc2cc(O)c3c(c2)OC(c2ccccc2)CC3)C(O)C(O)C1O. The van der Waals surface area contributed by atoms with Crippen LogP contribution in [0, 0.1) is 0 Å². The average molecular weight is 404 g/mol. The van der Waals surface area contributed by atoms with Gasteiger partial charge in [-0.05, 0) is 18.4 Å². The third kappa shape index (κ3) is 3.90. The van der Waals surface area contributed by atoms with Gasteiger partial charge in [-0.2, -0.15) is 0 Å². The van der Waals surface area contributed by atoms with Crippen molar-refractivity contribution in [2.24, 2.45) is 0 Å². The highest BCUT2D eigenvalue weighted by molar-refractivity contribution is 5.51. The van der Waals surface area contributed by atoms with Crippen LogP contribution in [0.15, 0.2) is 42.5 Å². The minimum absolute atomic E-state index is 0.00592. The Morgan fingerprint density at radius 2 is 1.76 bits per heavy atom. The van der Waals surface area contributed by atoms with Gasteiger partial charge in [0.25, 0.3) is 0 Å². The molecule has 2 heterocycles. The number of aliphatic hydroxyl groups is 4. The van der Waals surface area contributed by atoms with E-state index in [1.165, 1.54) is 6.07 Å². The van der Waals surface area contributed by atoms with E-state index in [-0.39, 0.29) is 17.6 Å². The summed E-state index contributed by atoms with van der Waals surface area (Å²) in [6.07, 6.45) is -5.79. The molecule has 0 radical (unpaired) electrons. The molecule has 8 heteroatoms. The Hall–Kier alpha value is -2.36. The molecule has 0 amide bonds. The van der Waals surface area contributed by atoms with Gasteiger partial charge in [0.1, 0.15) is 47.8 Å². The number of hydrogen-bond acceptors (Lipinski definition) is 8. The van der Waals surface area contributed by atoms with Gasteiger partial charge in [-0.3, -0.25) is 0 Å². The van der Waals surface area contributed by atoms with E-state index in [1.54, 1.807) is 6.07 Å². The number of rotatable bonds is 4. The predicted octanol–water partition coefficient (Wildman–Crippen LogP) is 0.637. The maximum Gasteiger partial charge on any atom is 0.229 e. The van der Waals surface area contributed by atoms with Crippen molar-refractivity contribution in [2.75, 3.05) is 6.61 Å². The lowest BCUT2D eigenvalue weighted by Gasteiger charge is -2.39. The van der Waals surface area contributed by atoms with E-state index in [0.717, 1.165) is 12.0 Å². The molecule has 0 aliphatic carbocycles. The van der Waals surface area contributed by atoms with Crippen LogP contribution in [0.3, 0.4) is 0 Å². The summed E-state index contributed by atoms with van der Waals surface area (Å²) < 4.78 is 17.0. The summed E-state index contributed by atoms with van der Waals surface area (Å²) in [4.78, 5) is 0. The van der Waals surface area contributed by atoms with Crippen LogP contribution in [0.25, 0.3) is 0 Å². The lowest BCUT2D eigenvalue weighted by molar-refractivity contribution is -0.277. The first kappa shape index (κ1) is 19.9. The summed E-state index contributed by atoms with van der Waals surface area (Å²) in [5.74, 6) is 0.623. The van der Waals surface area contributed by atoms with Crippen molar-refractivity contribution in [1.82, 2.24) is 0 Å². The number of phenolic OH excluding ortho intramolecular Hbond substituents is 1. The summed E-state index contributed by atoms with van der Waals surface area (Å²) in [5.41, 5.74) is 1.69. The minimum Gasteiger partial charge on any atom is -0.507 e. The smallest absolute Gasteiger partial charge is 0.229 e. The molecule has 29 heavy (non-hydrogen) atoms. The number of fused-ring (bicyclic) bond motifs is 1. The first-order valence-corrected chi connectivity index (χ1v) is 9.52. The Morgan fingerprint density at radius 1 is 1.00 bits per heavy atom. The quantitative estimate of drug-likeness (QED) is 0.502. The highest BCUT2D eigenvalue weighted by Crippen LogP contribution is 2.42. The Bertz CT molecular complexity index is 840. The highest BCUT2D eigenvalue weighted by Gasteiger charge is 2.44. The minimum atomic E-state index is -1.55. The summed E-state index contributed by atoms with van der Waals surface area (Å²) >= 11 is 0.